The highest BCUT2D eigenvalue weighted by Crippen LogP contribution is 2.35. The second-order valence-corrected chi connectivity index (χ2v) is 5.04. The maximum atomic E-state index is 12.7. The summed E-state index contributed by atoms with van der Waals surface area (Å²) >= 11 is 5.49. The van der Waals surface area contributed by atoms with Crippen LogP contribution in [0.3, 0.4) is 0 Å². The molecule has 3 heteroatoms. The van der Waals surface area contributed by atoms with Gasteiger partial charge < -0.3 is 4.90 Å². The molecule has 2 aromatic carbocycles. The minimum absolute atomic E-state index is 0.0879. The van der Waals surface area contributed by atoms with Crippen molar-refractivity contribution in [1.29, 1.82) is 0 Å². The highest BCUT2D eigenvalue weighted by Gasteiger charge is 2.35. The number of ketones is 1. The monoisotopic (exact) mass is 267 g/mol. The molecule has 19 heavy (non-hydrogen) atoms. The van der Waals surface area contributed by atoms with Gasteiger partial charge in [0.05, 0.1) is 16.6 Å². The van der Waals surface area contributed by atoms with Crippen molar-refractivity contribution in [2.45, 2.75) is 5.92 Å². The summed E-state index contributed by atoms with van der Waals surface area (Å²) in [6, 6.07) is 17.3. The summed E-state index contributed by atoms with van der Waals surface area (Å²) in [6.07, 6.45) is 0. The number of hydrogen-bond donors (Lipinski definition) is 0. The van der Waals surface area contributed by atoms with Gasteiger partial charge in [-0.2, -0.15) is 0 Å². The van der Waals surface area contributed by atoms with Gasteiger partial charge >= 0.3 is 0 Å². The van der Waals surface area contributed by atoms with Crippen molar-refractivity contribution in [2.75, 3.05) is 11.9 Å². The zero-order valence-electron chi connectivity index (χ0n) is 10.5. The first-order chi connectivity index (χ1) is 9.20. The predicted molar refractivity (Wildman–Crippen MR) is 81.0 cm³/mol. The van der Waals surface area contributed by atoms with Crippen molar-refractivity contribution in [1.82, 2.24) is 0 Å². The normalized spacial score (nSPS) is 18.4. The van der Waals surface area contributed by atoms with E-state index in [1.54, 1.807) is 0 Å². The SMILES string of the molecule is CN1C(=S)C(c2ccccc2)C(=O)c2ccccc21. The van der Waals surface area contributed by atoms with Crippen molar-refractivity contribution in [3.8, 4) is 0 Å². The molecule has 2 nitrogen and oxygen atoms in total. The topological polar surface area (TPSA) is 20.3 Å². The standard InChI is InChI=1S/C16H13NOS/c1-17-13-10-6-5-9-12(13)15(18)14(16(17)19)11-7-3-2-4-8-11/h2-10,14H,1H3. The molecule has 94 valence electrons. The molecule has 0 aliphatic carbocycles. The first-order valence-electron chi connectivity index (χ1n) is 6.16. The third kappa shape index (κ3) is 1.87. The van der Waals surface area contributed by atoms with Gasteiger partial charge in [0.1, 0.15) is 0 Å². The number of para-hydroxylation sites is 1. The fourth-order valence-corrected chi connectivity index (χ4v) is 2.84. The first kappa shape index (κ1) is 12.1. The first-order valence-corrected chi connectivity index (χ1v) is 6.56. The van der Waals surface area contributed by atoms with Crippen LogP contribution in [0.15, 0.2) is 54.6 Å². The highest BCUT2D eigenvalue weighted by atomic mass is 32.1. The lowest BCUT2D eigenvalue weighted by atomic mass is 9.86. The molecule has 1 unspecified atom stereocenters. The summed E-state index contributed by atoms with van der Waals surface area (Å²) in [5, 5.41) is 0. The van der Waals surface area contributed by atoms with Gasteiger partial charge in [-0.3, -0.25) is 4.79 Å². The minimum Gasteiger partial charge on any atom is -0.338 e. The number of benzene rings is 2. The molecule has 0 saturated carbocycles. The number of carbonyl (C=O) groups is 1. The van der Waals surface area contributed by atoms with E-state index in [4.69, 9.17) is 12.2 Å². The molecule has 1 aliphatic rings. The van der Waals surface area contributed by atoms with Gasteiger partial charge in [-0.1, -0.05) is 54.7 Å². The summed E-state index contributed by atoms with van der Waals surface area (Å²) in [6.45, 7) is 0. The number of thiocarbonyl (C=S) groups is 1. The lowest BCUT2D eigenvalue weighted by Gasteiger charge is -2.33. The van der Waals surface area contributed by atoms with Crippen molar-refractivity contribution < 1.29 is 4.79 Å². The Hall–Kier alpha value is -2.00. The van der Waals surface area contributed by atoms with Gasteiger partial charge in [-0.25, -0.2) is 0 Å². The summed E-state index contributed by atoms with van der Waals surface area (Å²) in [7, 11) is 1.92. The average molecular weight is 267 g/mol. The van der Waals surface area contributed by atoms with Gasteiger partial charge in [0, 0.05) is 12.6 Å². The Morgan fingerprint density at radius 3 is 2.37 bits per heavy atom. The Morgan fingerprint density at radius 1 is 1.00 bits per heavy atom. The van der Waals surface area contributed by atoms with E-state index >= 15 is 0 Å². The molecular weight excluding hydrogens is 254 g/mol. The lowest BCUT2D eigenvalue weighted by molar-refractivity contribution is 0.0981. The smallest absolute Gasteiger partial charge is 0.179 e. The van der Waals surface area contributed by atoms with Gasteiger partial charge in [0.15, 0.2) is 5.78 Å². The second-order valence-electron chi connectivity index (χ2n) is 4.62. The number of likely N-dealkylation sites (N-methyl/N-ethyl adjacent to an activating group) is 1. The van der Waals surface area contributed by atoms with Crippen LogP contribution in [0, 0.1) is 0 Å². The quantitative estimate of drug-likeness (QED) is 0.738. The maximum absolute atomic E-state index is 12.7. The molecule has 0 amide bonds. The van der Waals surface area contributed by atoms with Crippen LogP contribution in [0.4, 0.5) is 5.69 Å². The lowest BCUT2D eigenvalue weighted by Crippen LogP contribution is -2.39. The molecule has 1 atom stereocenters. The molecule has 0 bridgehead atoms. The number of nitrogens with zero attached hydrogens (tertiary/aromatic N) is 1. The summed E-state index contributed by atoms with van der Waals surface area (Å²) in [5.74, 6) is -0.263. The Kier molecular flexibility index (Phi) is 2.91. The molecule has 0 radical (unpaired) electrons. The average Bonchev–Trinajstić information content (AvgIpc) is 2.46. The molecule has 1 heterocycles. The van der Waals surface area contributed by atoms with Gasteiger partial charge in [-0.05, 0) is 17.7 Å². The molecule has 1 aliphatic heterocycles. The fourth-order valence-electron chi connectivity index (χ4n) is 2.49. The van der Waals surface area contributed by atoms with E-state index < -0.39 is 0 Å². The molecule has 2 aromatic rings. The van der Waals surface area contributed by atoms with E-state index in [1.165, 1.54) is 0 Å². The van der Waals surface area contributed by atoms with Crippen LogP contribution < -0.4 is 4.90 Å². The van der Waals surface area contributed by atoms with E-state index in [0.717, 1.165) is 16.8 Å². The van der Waals surface area contributed by atoms with Crippen LogP contribution in [-0.2, 0) is 0 Å². The summed E-state index contributed by atoms with van der Waals surface area (Å²) in [5.41, 5.74) is 2.59. The van der Waals surface area contributed by atoms with E-state index in [-0.39, 0.29) is 11.7 Å². The van der Waals surface area contributed by atoms with E-state index in [9.17, 15) is 4.79 Å². The van der Waals surface area contributed by atoms with Crippen molar-refractivity contribution in [3.63, 3.8) is 0 Å². The van der Waals surface area contributed by atoms with Crippen molar-refractivity contribution in [3.05, 3.63) is 65.7 Å². The van der Waals surface area contributed by atoms with Gasteiger partial charge in [0.25, 0.3) is 0 Å². The number of anilines is 1. The Bertz CT molecular complexity index is 651. The fraction of sp³-hybridized carbons (Fsp3) is 0.125. The molecule has 3 rings (SSSR count). The third-order valence-electron chi connectivity index (χ3n) is 3.50. The zero-order valence-corrected chi connectivity index (χ0v) is 11.4. The molecule has 0 aromatic heterocycles. The highest BCUT2D eigenvalue weighted by molar-refractivity contribution is 7.80. The second kappa shape index (κ2) is 4.59. The number of Topliss-reactive ketones (excluding diaryl/α,β-unsaturated/α-hetero) is 1. The summed E-state index contributed by atoms with van der Waals surface area (Å²) in [4.78, 5) is 15.3. The molecule has 0 saturated heterocycles. The third-order valence-corrected chi connectivity index (χ3v) is 4.01. The Labute approximate surface area is 117 Å². The van der Waals surface area contributed by atoms with Gasteiger partial charge in [0.2, 0.25) is 0 Å². The number of fused-ring (bicyclic) bond motifs is 1. The van der Waals surface area contributed by atoms with Crippen molar-refractivity contribution >= 4 is 28.7 Å². The number of carbonyl (C=O) groups excluding carboxylic acids is 1. The summed E-state index contributed by atoms with van der Waals surface area (Å²) < 4.78 is 0. The number of rotatable bonds is 1. The van der Waals surface area contributed by atoms with Crippen LogP contribution in [0.2, 0.25) is 0 Å². The van der Waals surface area contributed by atoms with Crippen LogP contribution in [0.25, 0.3) is 0 Å². The number of hydrogen-bond acceptors (Lipinski definition) is 2. The van der Waals surface area contributed by atoms with Gasteiger partial charge in [-0.15, -0.1) is 0 Å². The predicted octanol–water partition coefficient (Wildman–Crippen LogP) is 3.43. The zero-order chi connectivity index (χ0) is 13.4. The van der Waals surface area contributed by atoms with Crippen LogP contribution in [0.1, 0.15) is 21.8 Å². The van der Waals surface area contributed by atoms with Crippen LogP contribution in [-0.4, -0.2) is 17.8 Å². The minimum atomic E-state index is -0.351. The molecule has 0 fully saturated rings. The Balaban J connectivity index is 2.15. The largest absolute Gasteiger partial charge is 0.338 e. The van der Waals surface area contributed by atoms with Crippen molar-refractivity contribution in [2.24, 2.45) is 0 Å². The van der Waals surface area contributed by atoms with Crippen LogP contribution in [0.5, 0.6) is 0 Å². The van der Waals surface area contributed by atoms with E-state index in [0.29, 0.717) is 4.99 Å². The maximum Gasteiger partial charge on any atom is 0.179 e. The Morgan fingerprint density at radius 2 is 1.63 bits per heavy atom. The van der Waals surface area contributed by atoms with Crippen LogP contribution >= 0.6 is 12.2 Å². The molecule has 0 spiro atoms. The molecular formula is C16H13NOS. The van der Waals surface area contributed by atoms with E-state index in [1.807, 2.05) is 66.5 Å². The van der Waals surface area contributed by atoms with E-state index in [2.05, 4.69) is 0 Å². The molecule has 0 N–H and O–H groups in total.